The van der Waals surface area contributed by atoms with Gasteiger partial charge in [-0.3, -0.25) is 14.5 Å². The Kier molecular flexibility index (Phi) is 8.15. The van der Waals surface area contributed by atoms with Gasteiger partial charge in [0.05, 0.1) is 17.9 Å². The van der Waals surface area contributed by atoms with E-state index >= 15 is 0 Å². The van der Waals surface area contributed by atoms with E-state index in [4.69, 9.17) is 4.74 Å². The van der Waals surface area contributed by atoms with Crippen LogP contribution in [0.5, 0.6) is 5.75 Å². The van der Waals surface area contributed by atoms with E-state index in [1.807, 2.05) is 54.6 Å². The van der Waals surface area contributed by atoms with Gasteiger partial charge >= 0.3 is 0 Å². The number of anilines is 1. The van der Waals surface area contributed by atoms with E-state index in [0.717, 1.165) is 30.4 Å². The zero-order chi connectivity index (χ0) is 24.5. The van der Waals surface area contributed by atoms with Gasteiger partial charge in [-0.2, -0.15) is 0 Å². The minimum atomic E-state index is -3.71. The predicted molar refractivity (Wildman–Crippen MR) is 138 cm³/mol. The molecule has 1 amide bonds. The van der Waals surface area contributed by atoms with Gasteiger partial charge in [0, 0.05) is 24.2 Å². The average Bonchev–Trinajstić information content (AvgIpc) is 3.13. The first-order chi connectivity index (χ1) is 17.0. The normalized spacial score (nSPS) is 13.9. The minimum absolute atomic E-state index is 0.128. The third kappa shape index (κ3) is 6.93. The summed E-state index contributed by atoms with van der Waals surface area (Å²) in [4.78, 5) is 16.8. The molecule has 2 N–H and O–H groups in total. The second-order valence-electron chi connectivity index (χ2n) is 8.28. The second-order valence-corrected chi connectivity index (χ2v) is 9.96. The summed E-state index contributed by atoms with van der Waals surface area (Å²) in [6.07, 6.45) is 3.74. The van der Waals surface area contributed by atoms with Gasteiger partial charge in [-0.15, -0.1) is 0 Å². The molecule has 4 rings (SSSR count). The molecule has 182 valence electrons. The number of ether oxygens (including phenoxy) is 1. The number of hydrogen-bond donors (Lipinski definition) is 2. The van der Waals surface area contributed by atoms with Crippen molar-refractivity contribution in [2.75, 3.05) is 18.5 Å². The third-order valence-corrected chi connectivity index (χ3v) is 7.03. The number of rotatable bonds is 8. The first kappa shape index (κ1) is 24.5. The standard InChI is InChI=1S/C27H29N3O4S/c31-27(18-20-34-25-12-7-6-11-24(25)21-9-3-1-4-10-21)29-22-14-16-23(17-15-22)35(32,33)30-26-13-5-2-8-19-28-26/h1,3-4,6-7,9-12,14-17H,2,5,8,13,18-20H2,(H,28,30)(H,29,31). The first-order valence-corrected chi connectivity index (χ1v) is 13.2. The van der Waals surface area contributed by atoms with E-state index < -0.39 is 10.0 Å². The number of amidine groups is 1. The summed E-state index contributed by atoms with van der Waals surface area (Å²) in [7, 11) is -3.71. The molecule has 0 spiro atoms. The van der Waals surface area contributed by atoms with Gasteiger partial charge in [0.2, 0.25) is 5.91 Å². The zero-order valence-corrected chi connectivity index (χ0v) is 20.3. The molecule has 1 aliphatic heterocycles. The molecule has 7 nitrogen and oxygen atoms in total. The molecule has 1 aliphatic rings. The summed E-state index contributed by atoms with van der Waals surface area (Å²) in [6.45, 7) is 0.860. The summed E-state index contributed by atoms with van der Waals surface area (Å²) in [5.74, 6) is 1.00. The summed E-state index contributed by atoms with van der Waals surface area (Å²) in [6, 6.07) is 23.7. The summed E-state index contributed by atoms with van der Waals surface area (Å²) >= 11 is 0. The van der Waals surface area contributed by atoms with Crippen LogP contribution in [0.15, 0.2) is 88.8 Å². The van der Waals surface area contributed by atoms with Crippen molar-refractivity contribution in [1.82, 2.24) is 4.72 Å². The second kappa shape index (κ2) is 11.7. The summed E-state index contributed by atoms with van der Waals surface area (Å²) < 4.78 is 33.8. The molecule has 0 radical (unpaired) electrons. The zero-order valence-electron chi connectivity index (χ0n) is 19.4. The Bertz CT molecular complexity index is 1270. The first-order valence-electron chi connectivity index (χ1n) is 11.7. The fourth-order valence-electron chi connectivity index (χ4n) is 3.81. The lowest BCUT2D eigenvalue weighted by atomic mass is 10.1. The van der Waals surface area contributed by atoms with Crippen LogP contribution in [0.3, 0.4) is 0 Å². The molecule has 0 aliphatic carbocycles. The number of carbonyl (C=O) groups excluding carboxylic acids is 1. The highest BCUT2D eigenvalue weighted by atomic mass is 32.2. The molecule has 0 saturated carbocycles. The van der Waals surface area contributed by atoms with Crippen LogP contribution < -0.4 is 14.8 Å². The molecular weight excluding hydrogens is 462 g/mol. The van der Waals surface area contributed by atoms with Crippen molar-refractivity contribution >= 4 is 27.5 Å². The smallest absolute Gasteiger partial charge is 0.262 e. The minimum Gasteiger partial charge on any atom is -0.492 e. The summed E-state index contributed by atoms with van der Waals surface area (Å²) in [5, 5.41) is 2.78. The van der Waals surface area contributed by atoms with Gasteiger partial charge in [0.1, 0.15) is 11.6 Å². The molecule has 0 fully saturated rings. The molecule has 3 aromatic carbocycles. The quantitative estimate of drug-likeness (QED) is 0.463. The fraction of sp³-hybridized carbons (Fsp3) is 0.259. The van der Waals surface area contributed by atoms with Crippen molar-refractivity contribution in [2.45, 2.75) is 37.0 Å². The van der Waals surface area contributed by atoms with Crippen molar-refractivity contribution in [1.29, 1.82) is 0 Å². The lowest BCUT2D eigenvalue weighted by Gasteiger charge is -2.12. The molecule has 35 heavy (non-hydrogen) atoms. The maximum absolute atomic E-state index is 12.7. The number of sulfonamides is 1. The number of amides is 1. The highest BCUT2D eigenvalue weighted by Gasteiger charge is 2.17. The van der Waals surface area contributed by atoms with Crippen LogP contribution in [0, 0.1) is 0 Å². The Labute approximate surface area is 206 Å². The maximum atomic E-state index is 12.7. The van der Waals surface area contributed by atoms with Crippen LogP contribution in [-0.4, -0.2) is 33.3 Å². The van der Waals surface area contributed by atoms with Gasteiger partial charge in [-0.05, 0) is 48.7 Å². The fourth-order valence-corrected chi connectivity index (χ4v) is 4.90. The Morgan fingerprint density at radius 2 is 1.63 bits per heavy atom. The van der Waals surface area contributed by atoms with Crippen LogP contribution in [0.4, 0.5) is 5.69 Å². The molecule has 0 unspecified atom stereocenters. The summed E-state index contributed by atoms with van der Waals surface area (Å²) in [5.41, 5.74) is 2.53. The highest BCUT2D eigenvalue weighted by Crippen LogP contribution is 2.29. The van der Waals surface area contributed by atoms with Crippen LogP contribution in [-0.2, 0) is 14.8 Å². The van der Waals surface area contributed by atoms with Gasteiger partial charge in [-0.1, -0.05) is 55.0 Å². The number of nitrogens with zero attached hydrogens (tertiary/aromatic N) is 1. The molecule has 8 heteroatoms. The van der Waals surface area contributed by atoms with Crippen LogP contribution in [0.2, 0.25) is 0 Å². The maximum Gasteiger partial charge on any atom is 0.262 e. The number of benzene rings is 3. The molecular formula is C27H29N3O4S. The number of nitrogens with one attached hydrogen (secondary N) is 2. The van der Waals surface area contributed by atoms with Crippen molar-refractivity contribution in [3.8, 4) is 16.9 Å². The number of carbonyl (C=O) groups is 1. The lowest BCUT2D eigenvalue weighted by molar-refractivity contribution is -0.116. The van der Waals surface area contributed by atoms with E-state index in [1.165, 1.54) is 12.1 Å². The number of aliphatic imine (C=N–C) groups is 1. The van der Waals surface area contributed by atoms with Gasteiger partial charge < -0.3 is 10.1 Å². The van der Waals surface area contributed by atoms with Crippen molar-refractivity contribution in [3.63, 3.8) is 0 Å². The van der Waals surface area contributed by atoms with Gasteiger partial charge in [0.25, 0.3) is 10.0 Å². The lowest BCUT2D eigenvalue weighted by Crippen LogP contribution is -2.30. The third-order valence-electron chi connectivity index (χ3n) is 5.63. The molecule has 1 heterocycles. The Morgan fingerprint density at radius 1 is 0.886 bits per heavy atom. The van der Waals surface area contributed by atoms with E-state index in [1.54, 1.807) is 12.1 Å². The molecule has 3 aromatic rings. The molecule has 0 atom stereocenters. The van der Waals surface area contributed by atoms with E-state index in [0.29, 0.717) is 30.2 Å². The topological polar surface area (TPSA) is 96.9 Å². The van der Waals surface area contributed by atoms with Crippen LogP contribution in [0.25, 0.3) is 11.1 Å². The molecule has 0 bridgehead atoms. The van der Waals surface area contributed by atoms with Crippen molar-refractivity contribution in [3.05, 3.63) is 78.9 Å². The largest absolute Gasteiger partial charge is 0.492 e. The van der Waals surface area contributed by atoms with Gasteiger partial charge in [0.15, 0.2) is 0 Å². The van der Waals surface area contributed by atoms with E-state index in [9.17, 15) is 13.2 Å². The highest BCUT2D eigenvalue weighted by molar-refractivity contribution is 7.90. The number of para-hydroxylation sites is 1. The Balaban J connectivity index is 1.30. The van der Waals surface area contributed by atoms with Crippen molar-refractivity contribution < 1.29 is 17.9 Å². The molecule has 0 aromatic heterocycles. The van der Waals surface area contributed by atoms with Gasteiger partial charge in [-0.25, -0.2) is 8.42 Å². The monoisotopic (exact) mass is 491 g/mol. The van der Waals surface area contributed by atoms with Crippen molar-refractivity contribution in [2.24, 2.45) is 4.99 Å². The molecule has 0 saturated heterocycles. The SMILES string of the molecule is O=C(CCOc1ccccc1-c1ccccc1)Nc1ccc(S(=O)(=O)NC2=NCCCCC2)cc1. The predicted octanol–water partition coefficient (Wildman–Crippen LogP) is 5.01. The Morgan fingerprint density at radius 3 is 2.43 bits per heavy atom. The number of hydrogen-bond acceptors (Lipinski definition) is 5. The average molecular weight is 492 g/mol. The van der Waals surface area contributed by atoms with E-state index in [-0.39, 0.29) is 23.8 Å². The van der Waals surface area contributed by atoms with Crippen LogP contribution in [0.1, 0.15) is 32.1 Å². The van der Waals surface area contributed by atoms with Crippen LogP contribution >= 0.6 is 0 Å². The van der Waals surface area contributed by atoms with E-state index in [2.05, 4.69) is 15.0 Å². The Hall–Kier alpha value is -3.65.